The molecule has 1 aromatic heterocycles. The van der Waals surface area contributed by atoms with Gasteiger partial charge in [-0.2, -0.15) is 0 Å². The Morgan fingerprint density at radius 2 is 2.17 bits per heavy atom. The van der Waals surface area contributed by atoms with Crippen molar-refractivity contribution in [2.24, 2.45) is 0 Å². The lowest BCUT2D eigenvalue weighted by Gasteiger charge is -2.34. The number of rotatable bonds is 6. The summed E-state index contributed by atoms with van der Waals surface area (Å²) in [4.78, 5) is 20.4. The van der Waals surface area contributed by atoms with Gasteiger partial charge in [0.25, 0.3) is 0 Å². The summed E-state index contributed by atoms with van der Waals surface area (Å²) < 4.78 is 0. The predicted octanol–water partition coefficient (Wildman–Crippen LogP) is 2.02. The zero-order valence-corrected chi connectivity index (χ0v) is 11.8. The maximum atomic E-state index is 11.2. The summed E-state index contributed by atoms with van der Waals surface area (Å²) in [7, 11) is 0. The van der Waals surface area contributed by atoms with Gasteiger partial charge < -0.3 is 4.90 Å². The molecular weight excluding hydrogens is 246 g/mol. The van der Waals surface area contributed by atoms with Crippen molar-refractivity contribution < 1.29 is 4.79 Å². The second-order valence-corrected chi connectivity index (χ2v) is 5.51. The zero-order chi connectivity index (χ0) is 12.8. The number of Topliss-reactive ketones (excluding diaryl/α,β-unsaturated/α-hetero) is 1. The molecule has 100 valence electrons. The first-order valence-corrected chi connectivity index (χ1v) is 7.56. The van der Waals surface area contributed by atoms with E-state index in [0.29, 0.717) is 12.2 Å². The van der Waals surface area contributed by atoms with Gasteiger partial charge >= 0.3 is 0 Å². The Labute approximate surface area is 113 Å². The molecular formula is C13H21N3OS. The lowest BCUT2D eigenvalue weighted by atomic mass is 10.1. The number of anilines is 1. The minimum Gasteiger partial charge on any atom is -0.346 e. The minimum atomic E-state index is 0.386. The van der Waals surface area contributed by atoms with Crippen LogP contribution in [0, 0.1) is 0 Å². The van der Waals surface area contributed by atoms with E-state index in [1.807, 2.05) is 18.5 Å². The van der Waals surface area contributed by atoms with Gasteiger partial charge in [-0.15, -0.1) is 11.3 Å². The molecule has 1 aliphatic heterocycles. The number of hydrogen-bond donors (Lipinski definition) is 0. The molecule has 0 bridgehead atoms. The highest BCUT2D eigenvalue weighted by Gasteiger charge is 2.18. The highest BCUT2D eigenvalue weighted by Crippen LogP contribution is 2.18. The Morgan fingerprint density at radius 3 is 2.78 bits per heavy atom. The van der Waals surface area contributed by atoms with E-state index in [2.05, 4.69) is 14.8 Å². The van der Waals surface area contributed by atoms with Crippen molar-refractivity contribution in [3.63, 3.8) is 0 Å². The molecule has 1 fully saturated rings. The van der Waals surface area contributed by atoms with Gasteiger partial charge in [-0.3, -0.25) is 9.69 Å². The van der Waals surface area contributed by atoms with Crippen LogP contribution in [-0.2, 0) is 4.79 Å². The Hall–Kier alpha value is -0.940. The molecule has 0 aromatic carbocycles. The first kappa shape index (κ1) is 13.5. The molecule has 4 nitrogen and oxygen atoms in total. The molecule has 0 amide bonds. The molecule has 5 heteroatoms. The molecule has 0 radical (unpaired) electrons. The van der Waals surface area contributed by atoms with Gasteiger partial charge in [0.1, 0.15) is 5.78 Å². The fourth-order valence-electron chi connectivity index (χ4n) is 2.21. The molecule has 2 rings (SSSR count). The summed E-state index contributed by atoms with van der Waals surface area (Å²) in [5.41, 5.74) is 0. The fourth-order valence-corrected chi connectivity index (χ4v) is 2.91. The van der Waals surface area contributed by atoms with Crippen LogP contribution in [0.4, 0.5) is 5.13 Å². The van der Waals surface area contributed by atoms with E-state index in [1.54, 1.807) is 11.3 Å². The normalized spacial score (nSPS) is 17.1. The number of ketones is 1. The molecule has 0 unspecified atom stereocenters. The number of carbonyl (C=O) groups excluding carboxylic acids is 1. The number of thiazole rings is 1. The van der Waals surface area contributed by atoms with Crippen molar-refractivity contribution in [2.75, 3.05) is 37.6 Å². The van der Waals surface area contributed by atoms with Crippen LogP contribution in [0.2, 0.25) is 0 Å². The SMILES string of the molecule is CCC(=O)CCCN1CCN(c2nccs2)CC1. The van der Waals surface area contributed by atoms with Crippen molar-refractivity contribution in [2.45, 2.75) is 26.2 Å². The fraction of sp³-hybridized carbons (Fsp3) is 0.692. The van der Waals surface area contributed by atoms with Crippen molar-refractivity contribution >= 4 is 22.3 Å². The molecule has 0 saturated carbocycles. The van der Waals surface area contributed by atoms with Crippen molar-refractivity contribution in [1.29, 1.82) is 0 Å². The Balaban J connectivity index is 1.66. The molecule has 1 saturated heterocycles. The highest BCUT2D eigenvalue weighted by molar-refractivity contribution is 7.13. The smallest absolute Gasteiger partial charge is 0.185 e. The number of nitrogens with zero attached hydrogens (tertiary/aromatic N) is 3. The average Bonchev–Trinajstić information content (AvgIpc) is 2.93. The highest BCUT2D eigenvalue weighted by atomic mass is 32.1. The van der Waals surface area contributed by atoms with Gasteiger partial charge in [0.05, 0.1) is 0 Å². The number of carbonyl (C=O) groups is 1. The van der Waals surface area contributed by atoms with Crippen LogP contribution in [0.3, 0.4) is 0 Å². The summed E-state index contributed by atoms with van der Waals surface area (Å²) in [6.45, 7) is 7.26. The van der Waals surface area contributed by atoms with Crippen LogP contribution in [0.5, 0.6) is 0 Å². The molecule has 0 aliphatic carbocycles. The van der Waals surface area contributed by atoms with Crippen LogP contribution in [0.25, 0.3) is 0 Å². The lowest BCUT2D eigenvalue weighted by Crippen LogP contribution is -2.46. The summed E-state index contributed by atoms with van der Waals surface area (Å²) in [6, 6.07) is 0. The van der Waals surface area contributed by atoms with E-state index >= 15 is 0 Å². The number of aromatic nitrogens is 1. The maximum Gasteiger partial charge on any atom is 0.185 e. The molecule has 0 N–H and O–H groups in total. The first-order valence-electron chi connectivity index (χ1n) is 6.68. The average molecular weight is 267 g/mol. The quantitative estimate of drug-likeness (QED) is 0.790. The first-order chi connectivity index (χ1) is 8.79. The van der Waals surface area contributed by atoms with Crippen LogP contribution < -0.4 is 4.90 Å². The second-order valence-electron chi connectivity index (χ2n) is 4.64. The summed E-state index contributed by atoms with van der Waals surface area (Å²) in [6.07, 6.45) is 4.29. The Morgan fingerprint density at radius 1 is 1.39 bits per heavy atom. The van der Waals surface area contributed by atoms with Gasteiger partial charge in [-0.05, 0) is 13.0 Å². The molecule has 1 aliphatic rings. The standard InChI is InChI=1S/C13H21N3OS/c1-2-12(17)4-3-6-15-7-9-16(10-8-15)13-14-5-11-18-13/h5,11H,2-4,6-10H2,1H3. The van der Waals surface area contributed by atoms with Crippen LogP contribution >= 0.6 is 11.3 Å². The van der Waals surface area contributed by atoms with E-state index < -0.39 is 0 Å². The van der Waals surface area contributed by atoms with E-state index in [4.69, 9.17) is 0 Å². The van der Waals surface area contributed by atoms with E-state index in [9.17, 15) is 4.79 Å². The second kappa shape index (κ2) is 6.85. The molecule has 0 atom stereocenters. The summed E-state index contributed by atoms with van der Waals surface area (Å²) in [5.74, 6) is 0.386. The lowest BCUT2D eigenvalue weighted by molar-refractivity contribution is -0.118. The van der Waals surface area contributed by atoms with Gasteiger partial charge in [0, 0.05) is 50.6 Å². The topological polar surface area (TPSA) is 36.4 Å². The summed E-state index contributed by atoms with van der Waals surface area (Å²) in [5, 5.41) is 3.16. The van der Waals surface area contributed by atoms with E-state index in [-0.39, 0.29) is 0 Å². The van der Waals surface area contributed by atoms with Gasteiger partial charge in [-0.25, -0.2) is 4.98 Å². The largest absolute Gasteiger partial charge is 0.346 e. The Bertz CT molecular complexity index is 358. The van der Waals surface area contributed by atoms with Gasteiger partial charge in [-0.1, -0.05) is 6.92 Å². The van der Waals surface area contributed by atoms with Crippen LogP contribution in [0.15, 0.2) is 11.6 Å². The van der Waals surface area contributed by atoms with Gasteiger partial charge in [0.2, 0.25) is 0 Å². The van der Waals surface area contributed by atoms with Crippen molar-refractivity contribution in [1.82, 2.24) is 9.88 Å². The Kier molecular flexibility index (Phi) is 5.13. The van der Waals surface area contributed by atoms with Crippen molar-refractivity contribution in [3.8, 4) is 0 Å². The third kappa shape index (κ3) is 3.78. The third-order valence-electron chi connectivity index (χ3n) is 3.39. The van der Waals surface area contributed by atoms with Crippen LogP contribution in [0.1, 0.15) is 26.2 Å². The van der Waals surface area contributed by atoms with E-state index in [0.717, 1.165) is 50.7 Å². The molecule has 2 heterocycles. The predicted molar refractivity (Wildman–Crippen MR) is 75.3 cm³/mol. The molecule has 1 aromatic rings. The molecule has 0 spiro atoms. The molecule has 18 heavy (non-hydrogen) atoms. The minimum absolute atomic E-state index is 0.386. The number of piperazine rings is 1. The third-order valence-corrected chi connectivity index (χ3v) is 4.22. The van der Waals surface area contributed by atoms with Crippen LogP contribution in [-0.4, -0.2) is 48.4 Å². The maximum absolute atomic E-state index is 11.2. The summed E-state index contributed by atoms with van der Waals surface area (Å²) >= 11 is 1.71. The number of hydrogen-bond acceptors (Lipinski definition) is 5. The van der Waals surface area contributed by atoms with Crippen molar-refractivity contribution in [3.05, 3.63) is 11.6 Å². The zero-order valence-electron chi connectivity index (χ0n) is 11.0. The monoisotopic (exact) mass is 267 g/mol. The van der Waals surface area contributed by atoms with E-state index in [1.165, 1.54) is 0 Å². The van der Waals surface area contributed by atoms with Gasteiger partial charge in [0.15, 0.2) is 5.13 Å².